The molecule has 1 fully saturated rings. The van der Waals surface area contributed by atoms with E-state index in [2.05, 4.69) is 4.90 Å². The van der Waals surface area contributed by atoms with E-state index in [0.717, 1.165) is 51.1 Å². The summed E-state index contributed by atoms with van der Waals surface area (Å²) in [6.07, 6.45) is 2.98. The van der Waals surface area contributed by atoms with E-state index in [0.29, 0.717) is 6.04 Å². The SMILES string of the molecule is O=[N+]([O-])c1ccc2c(c1)CCN(C1CCOC1)CC2. The predicted molar refractivity (Wildman–Crippen MR) is 71.3 cm³/mol. The van der Waals surface area contributed by atoms with E-state index >= 15 is 0 Å². The van der Waals surface area contributed by atoms with Crippen LogP contribution in [0.3, 0.4) is 0 Å². The van der Waals surface area contributed by atoms with Crippen LogP contribution in [0.5, 0.6) is 0 Å². The molecule has 0 saturated carbocycles. The molecule has 1 aromatic carbocycles. The summed E-state index contributed by atoms with van der Waals surface area (Å²) >= 11 is 0. The highest BCUT2D eigenvalue weighted by molar-refractivity contribution is 5.40. The van der Waals surface area contributed by atoms with E-state index in [1.807, 2.05) is 6.07 Å². The number of nitro benzene ring substituents is 1. The van der Waals surface area contributed by atoms with Crippen LogP contribution < -0.4 is 0 Å². The van der Waals surface area contributed by atoms with Gasteiger partial charge in [-0.25, -0.2) is 0 Å². The Morgan fingerprint density at radius 1 is 1.26 bits per heavy atom. The normalized spacial score (nSPS) is 23.9. The molecule has 1 unspecified atom stereocenters. The van der Waals surface area contributed by atoms with Gasteiger partial charge in [0.05, 0.1) is 11.5 Å². The molecule has 5 nitrogen and oxygen atoms in total. The highest BCUT2D eigenvalue weighted by atomic mass is 16.6. The minimum absolute atomic E-state index is 0.205. The van der Waals surface area contributed by atoms with E-state index in [-0.39, 0.29) is 10.6 Å². The van der Waals surface area contributed by atoms with Crippen LogP contribution in [0.4, 0.5) is 5.69 Å². The van der Waals surface area contributed by atoms with Gasteiger partial charge in [0.2, 0.25) is 0 Å². The molecule has 19 heavy (non-hydrogen) atoms. The summed E-state index contributed by atoms with van der Waals surface area (Å²) in [6, 6.07) is 5.81. The van der Waals surface area contributed by atoms with Crippen LogP contribution >= 0.6 is 0 Å². The van der Waals surface area contributed by atoms with Gasteiger partial charge >= 0.3 is 0 Å². The first-order valence-corrected chi connectivity index (χ1v) is 6.82. The molecule has 0 aromatic heterocycles. The van der Waals surface area contributed by atoms with Gasteiger partial charge in [-0.1, -0.05) is 6.07 Å². The molecular formula is C14H18N2O3. The second-order valence-electron chi connectivity index (χ2n) is 5.26. The number of hydrogen-bond acceptors (Lipinski definition) is 4. The third-order valence-electron chi connectivity index (χ3n) is 4.16. The van der Waals surface area contributed by atoms with Crippen LogP contribution in [0.15, 0.2) is 18.2 Å². The molecule has 0 spiro atoms. The number of nitrogens with zero attached hydrogens (tertiary/aromatic N) is 2. The van der Waals surface area contributed by atoms with Crippen molar-refractivity contribution in [1.82, 2.24) is 4.90 Å². The maximum Gasteiger partial charge on any atom is 0.269 e. The maximum atomic E-state index is 10.8. The van der Waals surface area contributed by atoms with Crippen molar-refractivity contribution < 1.29 is 9.66 Å². The molecule has 5 heteroatoms. The number of benzene rings is 1. The van der Waals surface area contributed by atoms with Crippen molar-refractivity contribution in [3.05, 3.63) is 39.4 Å². The Morgan fingerprint density at radius 2 is 2.05 bits per heavy atom. The van der Waals surface area contributed by atoms with Crippen molar-refractivity contribution in [1.29, 1.82) is 0 Å². The summed E-state index contributed by atoms with van der Waals surface area (Å²) in [4.78, 5) is 13.0. The van der Waals surface area contributed by atoms with Gasteiger partial charge in [-0.15, -0.1) is 0 Å². The highest BCUT2D eigenvalue weighted by Crippen LogP contribution is 2.23. The lowest BCUT2D eigenvalue weighted by Crippen LogP contribution is -2.37. The molecule has 102 valence electrons. The molecule has 0 radical (unpaired) electrons. The first kappa shape index (κ1) is 12.6. The number of fused-ring (bicyclic) bond motifs is 1. The van der Waals surface area contributed by atoms with Crippen molar-refractivity contribution >= 4 is 5.69 Å². The van der Waals surface area contributed by atoms with E-state index in [1.54, 1.807) is 12.1 Å². The van der Waals surface area contributed by atoms with Crippen molar-refractivity contribution in [3.63, 3.8) is 0 Å². The second-order valence-corrected chi connectivity index (χ2v) is 5.26. The summed E-state index contributed by atoms with van der Waals surface area (Å²) in [6.45, 7) is 3.69. The zero-order chi connectivity index (χ0) is 13.2. The van der Waals surface area contributed by atoms with Gasteiger partial charge in [0.25, 0.3) is 5.69 Å². The first-order chi connectivity index (χ1) is 9.24. The summed E-state index contributed by atoms with van der Waals surface area (Å²) in [5, 5.41) is 10.8. The molecule has 2 aliphatic heterocycles. The maximum absolute atomic E-state index is 10.8. The van der Waals surface area contributed by atoms with Crippen molar-refractivity contribution in [2.24, 2.45) is 0 Å². The van der Waals surface area contributed by atoms with Crippen LogP contribution in [-0.2, 0) is 17.6 Å². The molecule has 1 saturated heterocycles. The first-order valence-electron chi connectivity index (χ1n) is 6.82. The smallest absolute Gasteiger partial charge is 0.269 e. The molecule has 1 aromatic rings. The molecule has 0 aliphatic carbocycles. The van der Waals surface area contributed by atoms with Crippen LogP contribution in [0, 0.1) is 10.1 Å². The Kier molecular flexibility index (Phi) is 3.48. The average Bonchev–Trinajstić information content (AvgIpc) is 2.85. The fourth-order valence-electron chi connectivity index (χ4n) is 3.02. The van der Waals surface area contributed by atoms with Gasteiger partial charge in [0, 0.05) is 37.9 Å². The quantitative estimate of drug-likeness (QED) is 0.602. The van der Waals surface area contributed by atoms with Crippen LogP contribution in [0.2, 0.25) is 0 Å². The lowest BCUT2D eigenvalue weighted by Gasteiger charge is -2.25. The second kappa shape index (κ2) is 5.27. The van der Waals surface area contributed by atoms with Gasteiger partial charge in [-0.3, -0.25) is 15.0 Å². The largest absolute Gasteiger partial charge is 0.380 e. The fourth-order valence-corrected chi connectivity index (χ4v) is 3.02. The Hall–Kier alpha value is -1.46. The van der Waals surface area contributed by atoms with E-state index in [1.165, 1.54) is 5.56 Å². The minimum Gasteiger partial charge on any atom is -0.380 e. The van der Waals surface area contributed by atoms with Gasteiger partial charge in [-0.05, 0) is 30.4 Å². The van der Waals surface area contributed by atoms with E-state index in [9.17, 15) is 10.1 Å². The fraction of sp³-hybridized carbons (Fsp3) is 0.571. The number of ether oxygens (including phenoxy) is 1. The summed E-state index contributed by atoms with van der Waals surface area (Å²) in [5.74, 6) is 0. The molecule has 2 aliphatic rings. The van der Waals surface area contributed by atoms with E-state index < -0.39 is 0 Å². The summed E-state index contributed by atoms with van der Waals surface area (Å²) < 4.78 is 5.45. The van der Waals surface area contributed by atoms with Gasteiger partial charge in [-0.2, -0.15) is 0 Å². The average molecular weight is 262 g/mol. The molecular weight excluding hydrogens is 244 g/mol. The van der Waals surface area contributed by atoms with Crippen LogP contribution in [0.1, 0.15) is 17.5 Å². The van der Waals surface area contributed by atoms with Crippen molar-refractivity contribution in [2.75, 3.05) is 26.3 Å². The number of hydrogen-bond donors (Lipinski definition) is 0. The van der Waals surface area contributed by atoms with Gasteiger partial charge in [0.1, 0.15) is 0 Å². The van der Waals surface area contributed by atoms with Gasteiger partial charge < -0.3 is 4.74 Å². The molecule has 2 heterocycles. The number of rotatable bonds is 2. The minimum atomic E-state index is -0.312. The molecule has 1 atom stereocenters. The Bertz CT molecular complexity index is 484. The zero-order valence-electron chi connectivity index (χ0n) is 10.9. The Morgan fingerprint density at radius 3 is 2.74 bits per heavy atom. The third-order valence-corrected chi connectivity index (χ3v) is 4.16. The van der Waals surface area contributed by atoms with Crippen LogP contribution in [0.25, 0.3) is 0 Å². The summed E-state index contributed by atoms with van der Waals surface area (Å²) in [5.41, 5.74) is 2.60. The van der Waals surface area contributed by atoms with Gasteiger partial charge in [0.15, 0.2) is 0 Å². The molecule has 3 rings (SSSR count). The third kappa shape index (κ3) is 2.62. The van der Waals surface area contributed by atoms with Crippen molar-refractivity contribution in [2.45, 2.75) is 25.3 Å². The van der Waals surface area contributed by atoms with E-state index in [4.69, 9.17) is 4.74 Å². The lowest BCUT2D eigenvalue weighted by atomic mass is 10.0. The topological polar surface area (TPSA) is 55.6 Å². The number of non-ortho nitro benzene ring substituents is 1. The Labute approximate surface area is 112 Å². The number of nitro groups is 1. The monoisotopic (exact) mass is 262 g/mol. The molecule has 0 bridgehead atoms. The van der Waals surface area contributed by atoms with Crippen LogP contribution in [-0.4, -0.2) is 42.2 Å². The Balaban J connectivity index is 1.76. The highest BCUT2D eigenvalue weighted by Gasteiger charge is 2.25. The predicted octanol–water partition coefficient (Wildman–Crippen LogP) is 1.78. The zero-order valence-corrected chi connectivity index (χ0v) is 10.9. The molecule has 0 amide bonds. The van der Waals surface area contributed by atoms with Crippen molar-refractivity contribution in [3.8, 4) is 0 Å². The summed E-state index contributed by atoms with van der Waals surface area (Å²) in [7, 11) is 0. The molecule has 0 N–H and O–H groups in total. The lowest BCUT2D eigenvalue weighted by molar-refractivity contribution is -0.384. The standard InChI is InChI=1S/C14H18N2O3/c17-16(18)13-2-1-11-3-6-15(7-4-12(11)9-13)14-5-8-19-10-14/h1-2,9,14H,3-8,10H2.